The Morgan fingerprint density at radius 1 is 1.17 bits per heavy atom. The van der Waals surface area contributed by atoms with Crippen molar-refractivity contribution in [2.24, 2.45) is 5.92 Å². The summed E-state index contributed by atoms with van der Waals surface area (Å²) < 4.78 is 5.91. The monoisotopic (exact) mass is 324 g/mol. The third-order valence-electron chi connectivity index (χ3n) is 4.77. The van der Waals surface area contributed by atoms with Gasteiger partial charge in [0.25, 0.3) is 0 Å². The number of ether oxygens (including phenoxy) is 1. The molecule has 1 aliphatic heterocycles. The first-order valence-corrected chi connectivity index (χ1v) is 8.92. The number of hydrogen-bond donors (Lipinski definition) is 0. The van der Waals surface area contributed by atoms with E-state index < -0.39 is 0 Å². The summed E-state index contributed by atoms with van der Waals surface area (Å²) in [5, 5.41) is 0. The zero-order chi connectivity index (χ0) is 16.4. The van der Waals surface area contributed by atoms with Crippen LogP contribution in [0.15, 0.2) is 30.5 Å². The number of piperidine rings is 1. The molecule has 3 heterocycles. The van der Waals surface area contributed by atoms with E-state index in [4.69, 9.17) is 9.72 Å². The summed E-state index contributed by atoms with van der Waals surface area (Å²) in [5.41, 5.74) is 0.992. The molecule has 2 aromatic rings. The Labute approximate surface area is 143 Å². The van der Waals surface area contributed by atoms with Crippen LogP contribution in [0.2, 0.25) is 0 Å². The SMILES string of the molecule is Cc1cccc(OCC2CCCN(c3ccnc(C4CC4)n3)C2)n1. The molecule has 1 saturated carbocycles. The molecule has 2 fully saturated rings. The van der Waals surface area contributed by atoms with Crippen LogP contribution in [0.3, 0.4) is 0 Å². The molecule has 0 spiro atoms. The van der Waals surface area contributed by atoms with E-state index in [2.05, 4.69) is 14.9 Å². The first kappa shape index (κ1) is 15.4. The highest BCUT2D eigenvalue weighted by Crippen LogP contribution is 2.38. The molecule has 1 saturated heterocycles. The van der Waals surface area contributed by atoms with Crippen LogP contribution in [0.5, 0.6) is 5.88 Å². The van der Waals surface area contributed by atoms with Gasteiger partial charge in [-0.05, 0) is 44.7 Å². The van der Waals surface area contributed by atoms with E-state index in [1.54, 1.807) is 0 Å². The fourth-order valence-corrected chi connectivity index (χ4v) is 3.29. The first-order valence-electron chi connectivity index (χ1n) is 8.92. The van der Waals surface area contributed by atoms with Gasteiger partial charge in [0, 0.05) is 42.9 Å². The molecule has 2 aliphatic rings. The maximum absolute atomic E-state index is 5.91. The van der Waals surface area contributed by atoms with Crippen molar-refractivity contribution in [3.8, 4) is 5.88 Å². The molecule has 1 aliphatic carbocycles. The molecule has 5 heteroatoms. The predicted octanol–water partition coefficient (Wildman–Crippen LogP) is 3.35. The molecule has 5 nitrogen and oxygen atoms in total. The summed E-state index contributed by atoms with van der Waals surface area (Å²) in [6, 6.07) is 7.95. The second-order valence-corrected chi connectivity index (χ2v) is 6.93. The third-order valence-corrected chi connectivity index (χ3v) is 4.77. The zero-order valence-corrected chi connectivity index (χ0v) is 14.2. The van der Waals surface area contributed by atoms with E-state index in [0.29, 0.717) is 18.4 Å². The Bertz CT molecular complexity index is 701. The highest BCUT2D eigenvalue weighted by Gasteiger charge is 2.28. The summed E-state index contributed by atoms with van der Waals surface area (Å²) in [6.45, 7) is 4.77. The fraction of sp³-hybridized carbons (Fsp3) is 0.526. The minimum Gasteiger partial charge on any atom is -0.477 e. The molecule has 0 radical (unpaired) electrons. The van der Waals surface area contributed by atoms with Crippen LogP contribution in [0.25, 0.3) is 0 Å². The maximum atomic E-state index is 5.91. The molecule has 126 valence electrons. The average Bonchev–Trinajstić information content (AvgIpc) is 3.46. The lowest BCUT2D eigenvalue weighted by atomic mass is 9.99. The third kappa shape index (κ3) is 3.66. The van der Waals surface area contributed by atoms with E-state index in [0.717, 1.165) is 36.3 Å². The Morgan fingerprint density at radius 2 is 2.08 bits per heavy atom. The van der Waals surface area contributed by atoms with E-state index in [1.807, 2.05) is 37.4 Å². The lowest BCUT2D eigenvalue weighted by Gasteiger charge is -2.33. The largest absolute Gasteiger partial charge is 0.477 e. The van der Waals surface area contributed by atoms with Gasteiger partial charge in [0.1, 0.15) is 11.6 Å². The summed E-state index contributed by atoms with van der Waals surface area (Å²) in [6.07, 6.45) is 6.76. The summed E-state index contributed by atoms with van der Waals surface area (Å²) in [7, 11) is 0. The number of hydrogen-bond acceptors (Lipinski definition) is 5. The molecule has 1 unspecified atom stereocenters. The summed E-state index contributed by atoms with van der Waals surface area (Å²) in [5.74, 6) is 3.94. The van der Waals surface area contributed by atoms with Gasteiger partial charge in [0.15, 0.2) is 0 Å². The van der Waals surface area contributed by atoms with Crippen molar-refractivity contribution in [3.63, 3.8) is 0 Å². The second kappa shape index (κ2) is 6.75. The van der Waals surface area contributed by atoms with Crippen LogP contribution in [0, 0.1) is 12.8 Å². The molecule has 1 atom stereocenters. The molecule has 0 N–H and O–H groups in total. The minimum absolute atomic E-state index is 0.514. The highest BCUT2D eigenvalue weighted by atomic mass is 16.5. The fourth-order valence-electron chi connectivity index (χ4n) is 3.29. The molecule has 24 heavy (non-hydrogen) atoms. The van der Waals surface area contributed by atoms with Crippen LogP contribution >= 0.6 is 0 Å². The summed E-state index contributed by atoms with van der Waals surface area (Å²) in [4.78, 5) is 16.0. The highest BCUT2D eigenvalue weighted by molar-refractivity contribution is 5.38. The van der Waals surface area contributed by atoms with E-state index in [9.17, 15) is 0 Å². The van der Waals surface area contributed by atoms with Crippen molar-refractivity contribution in [3.05, 3.63) is 42.0 Å². The first-order chi connectivity index (χ1) is 11.8. The molecule has 0 aromatic carbocycles. The topological polar surface area (TPSA) is 51.1 Å². The van der Waals surface area contributed by atoms with E-state index in [1.165, 1.54) is 25.7 Å². The van der Waals surface area contributed by atoms with Gasteiger partial charge in [0.2, 0.25) is 5.88 Å². The van der Waals surface area contributed by atoms with Crippen molar-refractivity contribution < 1.29 is 4.74 Å². The molecule has 2 aromatic heterocycles. The Balaban J connectivity index is 1.37. The van der Waals surface area contributed by atoms with Crippen LogP contribution in [0.4, 0.5) is 5.82 Å². The van der Waals surface area contributed by atoms with Gasteiger partial charge in [-0.15, -0.1) is 0 Å². The lowest BCUT2D eigenvalue weighted by molar-refractivity contribution is 0.221. The van der Waals surface area contributed by atoms with E-state index in [-0.39, 0.29) is 0 Å². The Hall–Kier alpha value is -2.17. The van der Waals surface area contributed by atoms with Crippen molar-refractivity contribution in [1.82, 2.24) is 15.0 Å². The quantitative estimate of drug-likeness (QED) is 0.844. The molecule has 0 bridgehead atoms. The van der Waals surface area contributed by atoms with E-state index >= 15 is 0 Å². The van der Waals surface area contributed by atoms with Crippen LogP contribution in [-0.4, -0.2) is 34.6 Å². The predicted molar refractivity (Wildman–Crippen MR) is 93.4 cm³/mol. The van der Waals surface area contributed by atoms with Crippen molar-refractivity contribution in [2.75, 3.05) is 24.6 Å². The number of nitrogens with zero attached hydrogens (tertiary/aromatic N) is 4. The second-order valence-electron chi connectivity index (χ2n) is 6.93. The van der Waals surface area contributed by atoms with Crippen LogP contribution < -0.4 is 9.64 Å². The van der Waals surface area contributed by atoms with Gasteiger partial charge in [-0.1, -0.05) is 6.07 Å². The smallest absolute Gasteiger partial charge is 0.213 e. The Kier molecular flexibility index (Phi) is 4.32. The van der Waals surface area contributed by atoms with Gasteiger partial charge in [-0.3, -0.25) is 0 Å². The number of aromatic nitrogens is 3. The molecular weight excluding hydrogens is 300 g/mol. The molecule has 0 amide bonds. The van der Waals surface area contributed by atoms with Crippen LogP contribution in [-0.2, 0) is 0 Å². The normalized spacial score (nSPS) is 20.9. The van der Waals surface area contributed by atoms with Gasteiger partial charge in [0.05, 0.1) is 6.61 Å². The van der Waals surface area contributed by atoms with Gasteiger partial charge in [-0.25, -0.2) is 15.0 Å². The summed E-state index contributed by atoms with van der Waals surface area (Å²) >= 11 is 0. The van der Waals surface area contributed by atoms with Crippen molar-refractivity contribution in [1.29, 1.82) is 0 Å². The minimum atomic E-state index is 0.514. The van der Waals surface area contributed by atoms with Crippen molar-refractivity contribution in [2.45, 2.75) is 38.5 Å². The standard InChI is InChI=1S/C19H24N4O/c1-14-4-2-6-18(21-14)24-13-15-5-3-11-23(12-15)17-9-10-20-19(22-17)16-7-8-16/h2,4,6,9-10,15-16H,3,5,7-8,11-13H2,1H3. The van der Waals surface area contributed by atoms with Crippen molar-refractivity contribution >= 4 is 5.82 Å². The number of anilines is 1. The zero-order valence-electron chi connectivity index (χ0n) is 14.2. The average molecular weight is 324 g/mol. The van der Waals surface area contributed by atoms with Gasteiger partial charge in [-0.2, -0.15) is 0 Å². The number of aryl methyl sites for hydroxylation is 1. The lowest BCUT2D eigenvalue weighted by Crippen LogP contribution is -2.38. The molecule has 4 rings (SSSR count). The number of pyridine rings is 1. The molecular formula is C19H24N4O. The Morgan fingerprint density at radius 3 is 2.92 bits per heavy atom. The number of rotatable bonds is 5. The van der Waals surface area contributed by atoms with Gasteiger partial charge >= 0.3 is 0 Å². The van der Waals surface area contributed by atoms with Crippen LogP contribution in [0.1, 0.15) is 43.1 Å². The van der Waals surface area contributed by atoms with Gasteiger partial charge < -0.3 is 9.64 Å². The maximum Gasteiger partial charge on any atom is 0.213 e.